The minimum absolute atomic E-state index is 0.249. The number of hydrogen-bond donors (Lipinski definition) is 2. The van der Waals surface area contributed by atoms with Crippen molar-refractivity contribution in [2.45, 2.75) is 18.8 Å². The van der Waals surface area contributed by atoms with Crippen LogP contribution in [0.4, 0.5) is 28.2 Å². The molecule has 0 aliphatic carbocycles. The highest BCUT2D eigenvalue weighted by Gasteiger charge is 2.40. The van der Waals surface area contributed by atoms with Gasteiger partial charge in [-0.1, -0.05) is 0 Å². The number of hydrogen-bond acceptors (Lipinski definition) is 3. The molecule has 1 heterocycles. The fraction of sp³-hybridized carbons (Fsp3) is 0.636. The van der Waals surface area contributed by atoms with Crippen LogP contribution in [0, 0.1) is 0 Å². The molecule has 1 aromatic rings. The fourth-order valence-corrected chi connectivity index (χ4v) is 1.41. The Balaban J connectivity index is 2.53. The van der Waals surface area contributed by atoms with E-state index in [2.05, 4.69) is 10.4 Å². The summed E-state index contributed by atoms with van der Waals surface area (Å²) in [5, 5.41) is 8.00. The Kier molecular flexibility index (Phi) is 5.94. The zero-order valence-electron chi connectivity index (χ0n) is 11.5. The molecule has 1 rings (SSSR count). The molecule has 6 nitrogen and oxygen atoms in total. The molecule has 0 unspecified atom stereocenters. The predicted molar refractivity (Wildman–Crippen MR) is 66.8 cm³/mol. The zero-order valence-corrected chi connectivity index (χ0v) is 11.5. The van der Waals surface area contributed by atoms with E-state index in [0.29, 0.717) is 18.7 Å². The summed E-state index contributed by atoms with van der Waals surface area (Å²) in [6.45, 7) is -1.02. The first-order valence-corrected chi connectivity index (χ1v) is 5.99. The van der Waals surface area contributed by atoms with Crippen molar-refractivity contribution in [3.05, 3.63) is 11.8 Å². The molecule has 1 aromatic heterocycles. The van der Waals surface area contributed by atoms with Gasteiger partial charge in [0.05, 0.1) is 18.8 Å². The van der Waals surface area contributed by atoms with Gasteiger partial charge in [-0.15, -0.1) is 0 Å². The fourth-order valence-electron chi connectivity index (χ4n) is 1.41. The number of carbonyl (C=O) groups excluding carboxylic acids is 1. The number of rotatable bonds is 7. The molecule has 2 N–H and O–H groups in total. The van der Waals surface area contributed by atoms with Crippen molar-refractivity contribution in [3.8, 4) is 0 Å². The van der Waals surface area contributed by atoms with Crippen molar-refractivity contribution in [2.75, 3.05) is 25.6 Å². The Bertz CT molecular complexity index is 479. The second-order valence-corrected chi connectivity index (χ2v) is 4.26. The van der Waals surface area contributed by atoms with Gasteiger partial charge in [-0.2, -0.15) is 13.9 Å². The van der Waals surface area contributed by atoms with E-state index in [-0.39, 0.29) is 5.82 Å². The minimum atomic E-state index is -4.27. The average Bonchev–Trinajstić information content (AvgIpc) is 2.74. The topological polar surface area (TPSA) is 68.2 Å². The van der Waals surface area contributed by atoms with Crippen LogP contribution in [0.25, 0.3) is 0 Å². The van der Waals surface area contributed by atoms with Gasteiger partial charge in [0, 0.05) is 26.6 Å². The summed E-state index contributed by atoms with van der Waals surface area (Å²) < 4.78 is 55.3. The molecule has 0 radical (unpaired) electrons. The Morgan fingerprint density at radius 1 is 1.52 bits per heavy atom. The van der Waals surface area contributed by atoms with E-state index >= 15 is 0 Å². The van der Waals surface area contributed by atoms with Gasteiger partial charge in [-0.25, -0.2) is 13.6 Å². The lowest BCUT2D eigenvalue weighted by Crippen LogP contribution is -2.43. The van der Waals surface area contributed by atoms with Crippen molar-refractivity contribution in [1.82, 2.24) is 15.1 Å². The molecule has 0 fully saturated rings. The number of halogens is 4. The maximum atomic E-state index is 12.6. The number of aryl methyl sites for hydroxylation is 1. The number of anilines is 1. The molecule has 0 atom stereocenters. The first-order valence-electron chi connectivity index (χ1n) is 5.99. The molecule has 0 aromatic carbocycles. The molecule has 0 aliphatic heterocycles. The third kappa shape index (κ3) is 5.21. The summed E-state index contributed by atoms with van der Waals surface area (Å²) in [7, 11) is 3.07. The van der Waals surface area contributed by atoms with Crippen molar-refractivity contribution in [2.24, 2.45) is 7.05 Å². The Hall–Kier alpha value is -1.84. The van der Waals surface area contributed by atoms with E-state index < -0.39 is 24.9 Å². The van der Waals surface area contributed by atoms with Gasteiger partial charge < -0.3 is 10.1 Å². The van der Waals surface area contributed by atoms with E-state index in [0.717, 1.165) is 0 Å². The molecule has 0 aliphatic rings. The molecule has 0 saturated carbocycles. The summed E-state index contributed by atoms with van der Waals surface area (Å²) >= 11 is 0. The average molecular weight is 312 g/mol. The maximum absolute atomic E-state index is 12.6. The van der Waals surface area contributed by atoms with E-state index in [1.165, 1.54) is 17.9 Å². The first kappa shape index (κ1) is 17.2. The Morgan fingerprint density at radius 3 is 2.76 bits per heavy atom. The largest absolute Gasteiger partial charge is 0.384 e. The number of amides is 2. The van der Waals surface area contributed by atoms with E-state index in [1.54, 1.807) is 12.4 Å². The van der Waals surface area contributed by atoms with Gasteiger partial charge in [0.15, 0.2) is 0 Å². The van der Waals surface area contributed by atoms with Gasteiger partial charge in [0.1, 0.15) is 5.82 Å². The van der Waals surface area contributed by atoms with Gasteiger partial charge in [-0.3, -0.25) is 10.00 Å². The van der Waals surface area contributed by atoms with Gasteiger partial charge in [0.2, 0.25) is 0 Å². The highest BCUT2D eigenvalue weighted by Crippen LogP contribution is 2.21. The summed E-state index contributed by atoms with van der Waals surface area (Å²) in [4.78, 5) is 11.4. The normalized spacial score (nSPS) is 11.8. The van der Waals surface area contributed by atoms with Crippen molar-refractivity contribution in [1.29, 1.82) is 0 Å². The summed E-state index contributed by atoms with van der Waals surface area (Å²) in [6, 6.07) is 0.515. The number of nitrogens with zero attached hydrogens (tertiary/aromatic N) is 2. The number of carbonyl (C=O) groups is 1. The lowest BCUT2D eigenvalue weighted by Gasteiger charge is -2.15. The van der Waals surface area contributed by atoms with Gasteiger partial charge in [-0.05, 0) is 0 Å². The highest BCUT2D eigenvalue weighted by atomic mass is 19.3. The van der Waals surface area contributed by atoms with Gasteiger partial charge >= 0.3 is 18.4 Å². The van der Waals surface area contributed by atoms with Crippen LogP contribution in [0.1, 0.15) is 5.69 Å². The first-order chi connectivity index (χ1) is 9.76. The number of methoxy groups -OCH3 is 1. The smallest absolute Gasteiger partial charge is 0.324 e. The quantitative estimate of drug-likeness (QED) is 0.752. The van der Waals surface area contributed by atoms with E-state index in [4.69, 9.17) is 4.74 Å². The van der Waals surface area contributed by atoms with Crippen LogP contribution in [0.3, 0.4) is 0 Å². The SMILES string of the molecule is COCCc1cc(NC(=O)NCC(F)(F)C(F)F)n(C)n1. The van der Waals surface area contributed by atoms with Gasteiger partial charge in [0.25, 0.3) is 0 Å². The third-order valence-electron chi connectivity index (χ3n) is 2.54. The van der Waals surface area contributed by atoms with Crippen molar-refractivity contribution in [3.63, 3.8) is 0 Å². The van der Waals surface area contributed by atoms with Crippen LogP contribution in [-0.4, -0.2) is 48.4 Å². The van der Waals surface area contributed by atoms with Crippen molar-refractivity contribution >= 4 is 11.8 Å². The number of alkyl halides is 4. The Labute approximate surface area is 118 Å². The van der Waals surface area contributed by atoms with Crippen LogP contribution >= 0.6 is 0 Å². The monoisotopic (exact) mass is 312 g/mol. The summed E-state index contributed by atoms with van der Waals surface area (Å²) in [5.41, 5.74) is 0.632. The van der Waals surface area contributed by atoms with E-state index in [9.17, 15) is 22.4 Å². The summed E-state index contributed by atoms with van der Waals surface area (Å²) in [5.74, 6) is -4.02. The minimum Gasteiger partial charge on any atom is -0.384 e. The number of aromatic nitrogens is 2. The van der Waals surface area contributed by atoms with Crippen molar-refractivity contribution < 1.29 is 27.1 Å². The van der Waals surface area contributed by atoms with Crippen LogP contribution in [0.15, 0.2) is 6.07 Å². The van der Waals surface area contributed by atoms with Crippen LogP contribution < -0.4 is 10.6 Å². The zero-order chi connectivity index (χ0) is 16.0. The molecule has 0 spiro atoms. The number of ether oxygens (including phenoxy) is 1. The number of nitrogens with one attached hydrogen (secondary N) is 2. The van der Waals surface area contributed by atoms with Crippen LogP contribution in [0.5, 0.6) is 0 Å². The lowest BCUT2D eigenvalue weighted by molar-refractivity contribution is -0.123. The van der Waals surface area contributed by atoms with Crippen LogP contribution in [0.2, 0.25) is 0 Å². The molecule has 0 saturated heterocycles. The molecule has 10 heteroatoms. The molecular weight excluding hydrogens is 296 g/mol. The van der Waals surface area contributed by atoms with Crippen LogP contribution in [-0.2, 0) is 18.2 Å². The highest BCUT2D eigenvalue weighted by molar-refractivity contribution is 5.88. The third-order valence-corrected chi connectivity index (χ3v) is 2.54. The standard InChI is InChI=1S/C11H16F4N4O2/c1-19-8(5-7(18-19)3-4-21-2)17-10(20)16-6-11(14,15)9(12)13/h5,9H,3-4,6H2,1-2H3,(H2,16,17,20). The molecule has 120 valence electrons. The lowest BCUT2D eigenvalue weighted by atomic mass is 10.3. The summed E-state index contributed by atoms with van der Waals surface area (Å²) in [6.07, 6.45) is -3.33. The second kappa shape index (κ2) is 7.25. The van der Waals surface area contributed by atoms with E-state index in [1.807, 2.05) is 0 Å². The predicted octanol–water partition coefficient (Wildman–Crippen LogP) is 1.63. The molecular formula is C11H16F4N4O2. The second-order valence-electron chi connectivity index (χ2n) is 4.26. The molecule has 0 bridgehead atoms. The maximum Gasteiger partial charge on any atom is 0.324 e. The Morgan fingerprint density at radius 2 is 2.19 bits per heavy atom. The molecule has 21 heavy (non-hydrogen) atoms. The molecule has 2 amide bonds. The number of urea groups is 1.